The van der Waals surface area contributed by atoms with Gasteiger partial charge in [-0.3, -0.25) is 14.5 Å². The van der Waals surface area contributed by atoms with Crippen LogP contribution in [0.5, 0.6) is 0 Å². The Morgan fingerprint density at radius 1 is 0.811 bits per heavy atom. The highest BCUT2D eigenvalue weighted by molar-refractivity contribution is 6.39. The maximum Gasteiger partial charge on any atom is 0.394 e. The first-order valence-electron chi connectivity index (χ1n) is 13.9. The fourth-order valence-electron chi connectivity index (χ4n) is 8.83. The molecule has 5 unspecified atom stereocenters. The summed E-state index contributed by atoms with van der Waals surface area (Å²) < 4.78 is 0. The summed E-state index contributed by atoms with van der Waals surface area (Å²) in [7, 11) is 0. The molecule has 4 fully saturated rings. The first-order valence-corrected chi connectivity index (χ1v) is 13.9. The van der Waals surface area contributed by atoms with Crippen LogP contribution in [0.15, 0.2) is 24.3 Å². The highest BCUT2D eigenvalue weighted by Gasteiger charge is 2.49. The Bertz CT molecular complexity index is 1040. The van der Waals surface area contributed by atoms with Gasteiger partial charge in [-0.2, -0.15) is 0 Å². The largest absolute Gasteiger partial charge is 0.474 e. The fourth-order valence-corrected chi connectivity index (χ4v) is 8.83. The van der Waals surface area contributed by atoms with Gasteiger partial charge < -0.3 is 15.5 Å². The summed E-state index contributed by atoms with van der Waals surface area (Å²) in [5, 5.41) is 21.1. The topological polar surface area (TPSA) is 124 Å². The number of benzene rings is 1. The van der Waals surface area contributed by atoms with Crippen LogP contribution >= 0.6 is 0 Å². The predicted octanol–water partition coefficient (Wildman–Crippen LogP) is 4.78. The van der Waals surface area contributed by atoms with Gasteiger partial charge in [0.05, 0.1) is 11.4 Å². The van der Waals surface area contributed by atoms with E-state index in [-0.39, 0.29) is 17.4 Å². The average Bonchev–Trinajstić information content (AvgIpc) is 2.83. The van der Waals surface area contributed by atoms with Gasteiger partial charge in [0.1, 0.15) is 0 Å². The number of aliphatic carboxylic acids is 2. The maximum atomic E-state index is 13.1. The molecule has 5 rings (SSSR count). The number of carboxylic acids is 2. The van der Waals surface area contributed by atoms with Crippen LogP contribution in [0.25, 0.3) is 0 Å². The molecule has 4 bridgehead atoms. The molecule has 4 saturated carbocycles. The van der Waals surface area contributed by atoms with E-state index in [0.717, 1.165) is 49.4 Å². The molecular formula is C29H38N2O6. The minimum Gasteiger partial charge on any atom is -0.474 e. The van der Waals surface area contributed by atoms with E-state index in [0.29, 0.717) is 17.8 Å². The first kappa shape index (κ1) is 25.7. The third-order valence-corrected chi connectivity index (χ3v) is 9.72. The summed E-state index contributed by atoms with van der Waals surface area (Å²) in [6, 6.07) is 6.08. The molecule has 1 aromatic carbocycles. The quantitative estimate of drug-likeness (QED) is 0.501. The Morgan fingerprint density at radius 3 is 2.03 bits per heavy atom. The van der Waals surface area contributed by atoms with Gasteiger partial charge in [-0.1, -0.05) is 38.3 Å². The summed E-state index contributed by atoms with van der Waals surface area (Å²) in [6.45, 7) is 2.39. The van der Waals surface area contributed by atoms with Crippen molar-refractivity contribution in [2.75, 3.05) is 10.2 Å². The Labute approximate surface area is 217 Å². The number of hydrogen-bond donors (Lipinski definition) is 3. The number of carboxylic acid groups (broad SMARTS) is 2. The van der Waals surface area contributed by atoms with Crippen LogP contribution in [0, 0.1) is 41.4 Å². The lowest BCUT2D eigenvalue weighted by Gasteiger charge is -2.54. The first-order chi connectivity index (χ1) is 17.7. The van der Waals surface area contributed by atoms with Gasteiger partial charge >= 0.3 is 23.8 Å². The number of fused-ring (bicyclic) bond motifs is 4. The Hall–Kier alpha value is -2.90. The molecule has 3 N–H and O–H groups in total. The lowest BCUT2D eigenvalue weighted by Crippen LogP contribution is -2.53. The second-order valence-corrected chi connectivity index (χ2v) is 12.2. The highest BCUT2D eigenvalue weighted by atomic mass is 16.4. The molecule has 4 aliphatic rings. The molecule has 8 nitrogen and oxygen atoms in total. The van der Waals surface area contributed by atoms with Gasteiger partial charge in [-0.25, -0.2) is 9.59 Å². The SMILES string of the molecule is CC1C[C@@H]2CC(C3C4CCC[C@H]3CC(N(C(=O)C(=O)O)c3ccccc3NC(=O)C(=O)O)C4)C[C@H](C1)C2. The summed E-state index contributed by atoms with van der Waals surface area (Å²) in [5.41, 5.74) is 0.373. The van der Waals surface area contributed by atoms with E-state index < -0.39 is 23.8 Å². The number of nitrogens with zero attached hydrogens (tertiary/aromatic N) is 1. The Kier molecular flexibility index (Phi) is 7.28. The van der Waals surface area contributed by atoms with Gasteiger partial charge in [0.25, 0.3) is 0 Å². The van der Waals surface area contributed by atoms with Crippen molar-refractivity contribution in [1.29, 1.82) is 0 Å². The minimum absolute atomic E-state index is 0.131. The second kappa shape index (κ2) is 10.5. The molecule has 0 heterocycles. The van der Waals surface area contributed by atoms with Crippen molar-refractivity contribution in [2.45, 2.75) is 77.2 Å². The van der Waals surface area contributed by atoms with Gasteiger partial charge in [0.2, 0.25) is 0 Å². The van der Waals surface area contributed by atoms with Gasteiger partial charge in [-0.15, -0.1) is 0 Å². The zero-order valence-electron chi connectivity index (χ0n) is 21.5. The molecule has 200 valence electrons. The molecule has 0 aliphatic heterocycles. The molecule has 0 radical (unpaired) electrons. The molecule has 2 amide bonds. The second-order valence-electron chi connectivity index (χ2n) is 12.2. The monoisotopic (exact) mass is 510 g/mol. The zero-order valence-corrected chi connectivity index (χ0v) is 21.5. The minimum atomic E-state index is -1.65. The average molecular weight is 511 g/mol. The van der Waals surface area contributed by atoms with E-state index in [1.165, 1.54) is 49.5 Å². The van der Waals surface area contributed by atoms with Crippen LogP contribution in [-0.2, 0) is 19.2 Å². The van der Waals surface area contributed by atoms with Crippen LogP contribution < -0.4 is 10.2 Å². The van der Waals surface area contributed by atoms with Crippen molar-refractivity contribution in [3.05, 3.63) is 24.3 Å². The molecule has 0 saturated heterocycles. The van der Waals surface area contributed by atoms with E-state index in [1.807, 2.05) is 0 Å². The van der Waals surface area contributed by atoms with E-state index in [9.17, 15) is 24.3 Å². The van der Waals surface area contributed by atoms with Crippen LogP contribution in [0.2, 0.25) is 0 Å². The van der Waals surface area contributed by atoms with Crippen LogP contribution in [0.1, 0.15) is 71.1 Å². The number of hydrogen-bond acceptors (Lipinski definition) is 4. The molecule has 37 heavy (non-hydrogen) atoms. The molecule has 0 spiro atoms. The third kappa shape index (κ3) is 5.25. The normalized spacial score (nSPS) is 34.7. The predicted molar refractivity (Wildman–Crippen MR) is 138 cm³/mol. The number of rotatable bonds is 4. The van der Waals surface area contributed by atoms with Crippen molar-refractivity contribution in [3.63, 3.8) is 0 Å². The van der Waals surface area contributed by atoms with E-state index in [4.69, 9.17) is 5.11 Å². The van der Waals surface area contributed by atoms with Gasteiger partial charge in [0.15, 0.2) is 0 Å². The summed E-state index contributed by atoms with van der Waals surface area (Å²) in [5.74, 6) is -0.724. The van der Waals surface area contributed by atoms with E-state index >= 15 is 0 Å². The van der Waals surface area contributed by atoms with Crippen molar-refractivity contribution in [2.24, 2.45) is 41.4 Å². The van der Waals surface area contributed by atoms with Gasteiger partial charge in [-0.05, 0) is 98.5 Å². The van der Waals surface area contributed by atoms with Crippen molar-refractivity contribution in [3.8, 4) is 0 Å². The van der Waals surface area contributed by atoms with Crippen LogP contribution in [0.3, 0.4) is 0 Å². The number of carbonyl (C=O) groups is 4. The molecule has 8 atom stereocenters. The number of carbonyl (C=O) groups excluding carboxylic acids is 2. The molecular weight excluding hydrogens is 472 g/mol. The lowest BCUT2D eigenvalue weighted by molar-refractivity contribution is -0.149. The molecule has 8 heteroatoms. The third-order valence-electron chi connectivity index (χ3n) is 9.72. The summed E-state index contributed by atoms with van der Waals surface area (Å²) in [6.07, 6.45) is 11.6. The fraction of sp³-hybridized carbons (Fsp3) is 0.655. The summed E-state index contributed by atoms with van der Waals surface area (Å²) in [4.78, 5) is 49.4. The zero-order chi connectivity index (χ0) is 26.3. The van der Waals surface area contributed by atoms with Gasteiger partial charge in [0, 0.05) is 6.04 Å². The number of amides is 2. The number of anilines is 2. The molecule has 4 aliphatic carbocycles. The smallest absolute Gasteiger partial charge is 0.394 e. The van der Waals surface area contributed by atoms with Crippen LogP contribution in [-0.4, -0.2) is 40.0 Å². The standard InChI is InChI=1S/C29H38N2O6/c1-16-9-17-11-18(10-16)13-21(12-17)25-19-5-4-6-20(25)15-22(14-19)31(27(33)29(36)37)24-8-3-2-7-23(24)30-26(32)28(34)35/h2-3,7-8,16-22,25H,4-6,9-15H2,1H3,(H,30,32)(H,34,35)(H,36,37)/t16?,17-,18+,19-,20?,21?,22?,25?/m0/s1. The van der Waals surface area contributed by atoms with Crippen LogP contribution in [0.4, 0.5) is 11.4 Å². The van der Waals surface area contributed by atoms with Crippen molar-refractivity contribution >= 4 is 35.1 Å². The molecule has 0 aromatic heterocycles. The van der Waals surface area contributed by atoms with Crippen molar-refractivity contribution in [1.82, 2.24) is 0 Å². The maximum absolute atomic E-state index is 13.1. The van der Waals surface area contributed by atoms with Crippen molar-refractivity contribution < 1.29 is 29.4 Å². The molecule has 1 aromatic rings. The summed E-state index contributed by atoms with van der Waals surface area (Å²) >= 11 is 0. The highest BCUT2D eigenvalue weighted by Crippen LogP contribution is 2.56. The number of nitrogens with one attached hydrogen (secondary N) is 1. The Morgan fingerprint density at radius 2 is 1.43 bits per heavy atom. The van der Waals surface area contributed by atoms with E-state index in [2.05, 4.69) is 12.2 Å². The van der Waals surface area contributed by atoms with E-state index in [1.54, 1.807) is 18.2 Å². The number of para-hydroxylation sites is 2. The lowest BCUT2D eigenvalue weighted by atomic mass is 9.53. The Balaban J connectivity index is 1.41.